The Kier molecular flexibility index (Phi) is 5.61. The summed E-state index contributed by atoms with van der Waals surface area (Å²) in [6.45, 7) is 2.25. The molecule has 0 unspecified atom stereocenters. The van der Waals surface area contributed by atoms with E-state index in [1.54, 1.807) is 0 Å². The summed E-state index contributed by atoms with van der Waals surface area (Å²) in [5.74, 6) is 0.732. The number of carbonyl (C=O) groups is 2. The Morgan fingerprint density at radius 3 is 2.67 bits per heavy atom. The molecule has 1 aromatic heterocycles. The smallest absolute Gasteiger partial charge is 0.312 e. The monoisotopic (exact) mass is 309 g/mol. The molecule has 1 aliphatic carbocycles. The van der Waals surface area contributed by atoms with Crippen molar-refractivity contribution in [3.05, 3.63) is 22.4 Å². The fourth-order valence-electron chi connectivity index (χ4n) is 2.76. The van der Waals surface area contributed by atoms with Gasteiger partial charge in [-0.3, -0.25) is 4.79 Å². The molecule has 0 saturated heterocycles. The molecular weight excluding hydrogens is 286 g/mol. The summed E-state index contributed by atoms with van der Waals surface area (Å²) in [5, 5.41) is 7.65. The maximum absolute atomic E-state index is 12.2. The fourth-order valence-corrected chi connectivity index (χ4v) is 3.54. The number of hydrogen-bond donors (Lipinski definition) is 3. The zero-order valence-electron chi connectivity index (χ0n) is 12.3. The van der Waals surface area contributed by atoms with E-state index in [1.165, 1.54) is 24.2 Å². The van der Waals surface area contributed by atoms with Crippen LogP contribution in [0.4, 0.5) is 4.79 Å². The van der Waals surface area contributed by atoms with Gasteiger partial charge in [-0.05, 0) is 43.0 Å². The number of rotatable bonds is 5. The highest BCUT2D eigenvalue weighted by Crippen LogP contribution is 2.25. The fraction of sp³-hybridized carbons (Fsp3) is 0.600. The van der Waals surface area contributed by atoms with E-state index in [2.05, 4.69) is 17.6 Å². The highest BCUT2D eigenvalue weighted by molar-refractivity contribution is 7.10. The molecule has 0 bridgehead atoms. The summed E-state index contributed by atoms with van der Waals surface area (Å²) in [5.41, 5.74) is 5.20. The van der Waals surface area contributed by atoms with E-state index in [9.17, 15) is 9.59 Å². The molecular formula is C15H23N3O2S. The highest BCUT2D eigenvalue weighted by Gasteiger charge is 2.23. The maximum atomic E-state index is 12.2. The van der Waals surface area contributed by atoms with Crippen LogP contribution in [-0.4, -0.2) is 18.0 Å². The second-order valence-corrected chi connectivity index (χ2v) is 6.78. The molecule has 0 radical (unpaired) electrons. The molecule has 6 heteroatoms. The quantitative estimate of drug-likeness (QED) is 0.781. The van der Waals surface area contributed by atoms with E-state index in [0.717, 1.165) is 23.6 Å². The van der Waals surface area contributed by atoms with Crippen LogP contribution in [0.2, 0.25) is 0 Å². The number of thiophene rings is 1. The van der Waals surface area contributed by atoms with Crippen molar-refractivity contribution >= 4 is 23.3 Å². The van der Waals surface area contributed by atoms with Gasteiger partial charge in [0.05, 0.1) is 12.5 Å². The van der Waals surface area contributed by atoms with Crippen LogP contribution in [0, 0.1) is 5.92 Å². The molecule has 3 amide bonds. The molecule has 2 rings (SSSR count). The van der Waals surface area contributed by atoms with Crippen molar-refractivity contribution in [1.82, 2.24) is 10.6 Å². The lowest BCUT2D eigenvalue weighted by Crippen LogP contribution is -2.40. The zero-order chi connectivity index (χ0) is 15.2. The molecule has 5 nitrogen and oxygen atoms in total. The first-order valence-electron chi connectivity index (χ1n) is 7.43. The van der Waals surface area contributed by atoms with E-state index >= 15 is 0 Å². The Balaban J connectivity index is 1.87. The van der Waals surface area contributed by atoms with Crippen molar-refractivity contribution < 1.29 is 9.59 Å². The SMILES string of the molecule is CC1CCC(NC(=O)C[C@@H](NC(N)=O)c2cccs2)CC1. The molecule has 1 saturated carbocycles. The highest BCUT2D eigenvalue weighted by atomic mass is 32.1. The maximum Gasteiger partial charge on any atom is 0.312 e. The molecule has 1 aliphatic rings. The Hall–Kier alpha value is -1.56. The van der Waals surface area contributed by atoms with E-state index in [-0.39, 0.29) is 24.4 Å². The summed E-state index contributed by atoms with van der Waals surface area (Å²) < 4.78 is 0. The van der Waals surface area contributed by atoms with Crippen LogP contribution < -0.4 is 16.4 Å². The molecule has 116 valence electrons. The van der Waals surface area contributed by atoms with Gasteiger partial charge in [0.2, 0.25) is 5.91 Å². The Labute approximate surface area is 129 Å². The lowest BCUT2D eigenvalue weighted by atomic mass is 9.87. The normalized spacial score (nSPS) is 23.3. The Bertz CT molecular complexity index is 467. The summed E-state index contributed by atoms with van der Waals surface area (Å²) in [6, 6.07) is 3.13. The van der Waals surface area contributed by atoms with Crippen molar-refractivity contribution in [2.45, 2.75) is 51.1 Å². The summed E-state index contributed by atoms with van der Waals surface area (Å²) in [4.78, 5) is 24.2. The van der Waals surface area contributed by atoms with E-state index in [4.69, 9.17) is 5.73 Å². The molecule has 0 spiro atoms. The van der Waals surface area contributed by atoms with Crippen LogP contribution in [0.5, 0.6) is 0 Å². The number of primary amides is 1. The lowest BCUT2D eigenvalue weighted by molar-refractivity contribution is -0.122. The average Bonchev–Trinajstić information content (AvgIpc) is 2.94. The van der Waals surface area contributed by atoms with Crippen molar-refractivity contribution in [3.63, 3.8) is 0 Å². The number of nitrogens with two attached hydrogens (primary N) is 1. The van der Waals surface area contributed by atoms with Crippen LogP contribution in [0.25, 0.3) is 0 Å². The molecule has 1 atom stereocenters. The van der Waals surface area contributed by atoms with Gasteiger partial charge in [-0.1, -0.05) is 13.0 Å². The van der Waals surface area contributed by atoms with E-state index in [0.29, 0.717) is 0 Å². The predicted molar refractivity (Wildman–Crippen MR) is 84.0 cm³/mol. The first kappa shape index (κ1) is 15.8. The standard InChI is InChI=1S/C15H23N3O2S/c1-10-4-6-11(7-5-10)17-14(19)9-12(18-15(16)20)13-3-2-8-21-13/h2-3,8,10-12H,4-7,9H2,1H3,(H,17,19)(H3,16,18,20)/t10?,11?,12-/m1/s1. The molecule has 1 heterocycles. The lowest BCUT2D eigenvalue weighted by Gasteiger charge is -2.27. The number of carbonyl (C=O) groups excluding carboxylic acids is 2. The Morgan fingerprint density at radius 2 is 2.10 bits per heavy atom. The van der Waals surface area contributed by atoms with Crippen molar-refractivity contribution in [1.29, 1.82) is 0 Å². The zero-order valence-corrected chi connectivity index (χ0v) is 13.1. The predicted octanol–water partition coefficient (Wildman–Crippen LogP) is 2.54. The molecule has 1 aromatic rings. The van der Waals surface area contributed by atoms with Gasteiger partial charge in [0.1, 0.15) is 0 Å². The van der Waals surface area contributed by atoms with E-state index < -0.39 is 6.03 Å². The van der Waals surface area contributed by atoms with Crippen LogP contribution in [0.3, 0.4) is 0 Å². The number of urea groups is 1. The van der Waals surface area contributed by atoms with Gasteiger partial charge in [-0.25, -0.2) is 4.79 Å². The van der Waals surface area contributed by atoms with Gasteiger partial charge in [-0.15, -0.1) is 11.3 Å². The summed E-state index contributed by atoms with van der Waals surface area (Å²) in [7, 11) is 0. The minimum atomic E-state index is -0.604. The van der Waals surface area contributed by atoms with Crippen molar-refractivity contribution in [2.75, 3.05) is 0 Å². The van der Waals surface area contributed by atoms with Gasteiger partial charge >= 0.3 is 6.03 Å². The summed E-state index contributed by atoms with van der Waals surface area (Å²) in [6.07, 6.45) is 4.65. The van der Waals surface area contributed by atoms with Crippen molar-refractivity contribution in [2.24, 2.45) is 11.7 Å². The third-order valence-electron chi connectivity index (χ3n) is 3.97. The Morgan fingerprint density at radius 1 is 1.38 bits per heavy atom. The first-order chi connectivity index (χ1) is 10.0. The van der Waals surface area contributed by atoms with Crippen LogP contribution in [0.15, 0.2) is 17.5 Å². The topological polar surface area (TPSA) is 84.2 Å². The van der Waals surface area contributed by atoms with Gasteiger partial charge in [0.25, 0.3) is 0 Å². The third kappa shape index (κ3) is 5.04. The second-order valence-electron chi connectivity index (χ2n) is 5.81. The molecule has 4 N–H and O–H groups in total. The molecule has 21 heavy (non-hydrogen) atoms. The minimum Gasteiger partial charge on any atom is -0.353 e. The second kappa shape index (κ2) is 7.45. The van der Waals surface area contributed by atoms with Gasteiger partial charge in [0.15, 0.2) is 0 Å². The number of amides is 3. The van der Waals surface area contributed by atoms with Crippen LogP contribution in [-0.2, 0) is 4.79 Å². The number of nitrogens with one attached hydrogen (secondary N) is 2. The average molecular weight is 309 g/mol. The van der Waals surface area contributed by atoms with Gasteiger partial charge < -0.3 is 16.4 Å². The first-order valence-corrected chi connectivity index (χ1v) is 8.31. The van der Waals surface area contributed by atoms with Gasteiger partial charge in [-0.2, -0.15) is 0 Å². The largest absolute Gasteiger partial charge is 0.353 e. The molecule has 0 aliphatic heterocycles. The number of hydrogen-bond acceptors (Lipinski definition) is 3. The molecule has 1 fully saturated rings. The third-order valence-corrected chi connectivity index (χ3v) is 4.96. The minimum absolute atomic E-state index is 0.0262. The molecule has 0 aromatic carbocycles. The van der Waals surface area contributed by atoms with Crippen LogP contribution in [0.1, 0.15) is 49.9 Å². The van der Waals surface area contributed by atoms with E-state index in [1.807, 2.05) is 17.5 Å². The van der Waals surface area contributed by atoms with Crippen molar-refractivity contribution in [3.8, 4) is 0 Å². The van der Waals surface area contributed by atoms with Crippen LogP contribution >= 0.6 is 11.3 Å². The summed E-state index contributed by atoms with van der Waals surface area (Å²) >= 11 is 1.51. The van der Waals surface area contributed by atoms with Gasteiger partial charge in [0, 0.05) is 10.9 Å².